The third-order valence-corrected chi connectivity index (χ3v) is 3.73. The summed E-state index contributed by atoms with van der Waals surface area (Å²) in [5, 5.41) is 0. The van der Waals surface area contributed by atoms with Crippen LogP contribution in [0.15, 0.2) is 0 Å². The molecule has 1 rings (SSSR count). The van der Waals surface area contributed by atoms with E-state index in [0.717, 1.165) is 13.1 Å². The van der Waals surface area contributed by atoms with Gasteiger partial charge in [0.15, 0.2) is 0 Å². The Morgan fingerprint density at radius 3 is 2.39 bits per heavy atom. The lowest BCUT2D eigenvalue weighted by Gasteiger charge is -2.33. The molecule has 1 aliphatic heterocycles. The smallest absolute Gasteiger partial charge is 0.325 e. The highest BCUT2D eigenvalue weighted by molar-refractivity contribution is 5.80. The number of esters is 1. The van der Waals surface area contributed by atoms with Crippen LogP contribution in [-0.4, -0.2) is 42.1 Å². The molecule has 106 valence electrons. The van der Waals surface area contributed by atoms with Crippen molar-refractivity contribution < 1.29 is 9.53 Å². The Hall–Kier alpha value is -0.610. The van der Waals surface area contributed by atoms with E-state index in [9.17, 15) is 4.79 Å². The van der Waals surface area contributed by atoms with Crippen molar-refractivity contribution in [3.05, 3.63) is 0 Å². The van der Waals surface area contributed by atoms with Gasteiger partial charge in [0.25, 0.3) is 0 Å². The average Bonchev–Trinajstić information content (AvgIpc) is 2.57. The Morgan fingerprint density at radius 1 is 1.33 bits per heavy atom. The normalized spacial score (nSPS) is 22.9. The number of nitrogens with zero attached hydrogens (tertiary/aromatic N) is 1. The molecule has 2 atom stereocenters. The summed E-state index contributed by atoms with van der Waals surface area (Å²) in [6, 6.07) is 0.336. The fourth-order valence-electron chi connectivity index (χ4n) is 2.66. The maximum absolute atomic E-state index is 11.8. The molecule has 0 aromatic heterocycles. The van der Waals surface area contributed by atoms with Gasteiger partial charge in [0.1, 0.15) is 5.54 Å². The molecule has 4 heteroatoms. The third-order valence-electron chi connectivity index (χ3n) is 3.73. The minimum atomic E-state index is -0.873. The van der Waals surface area contributed by atoms with Crippen LogP contribution in [0.2, 0.25) is 0 Å². The van der Waals surface area contributed by atoms with E-state index >= 15 is 0 Å². The summed E-state index contributed by atoms with van der Waals surface area (Å²) in [6.07, 6.45) is 5.81. The summed E-state index contributed by atoms with van der Waals surface area (Å²) in [7, 11) is 0. The molecule has 0 aliphatic carbocycles. The largest absolute Gasteiger partial charge is 0.465 e. The molecular weight excluding hydrogens is 228 g/mol. The van der Waals surface area contributed by atoms with E-state index in [0.29, 0.717) is 19.1 Å². The van der Waals surface area contributed by atoms with Crippen LogP contribution in [0.4, 0.5) is 0 Å². The fraction of sp³-hybridized carbons (Fsp3) is 0.929. The first-order chi connectivity index (χ1) is 8.47. The van der Waals surface area contributed by atoms with Gasteiger partial charge in [-0.2, -0.15) is 0 Å². The molecule has 0 aromatic rings. The van der Waals surface area contributed by atoms with E-state index in [-0.39, 0.29) is 5.97 Å². The molecule has 1 saturated heterocycles. The van der Waals surface area contributed by atoms with Crippen molar-refractivity contribution in [3.63, 3.8) is 0 Å². The highest BCUT2D eigenvalue weighted by Crippen LogP contribution is 2.19. The zero-order valence-corrected chi connectivity index (χ0v) is 12.1. The zero-order chi connectivity index (χ0) is 13.6. The van der Waals surface area contributed by atoms with Gasteiger partial charge in [0, 0.05) is 6.04 Å². The van der Waals surface area contributed by atoms with E-state index < -0.39 is 5.54 Å². The molecule has 2 unspecified atom stereocenters. The van der Waals surface area contributed by atoms with Gasteiger partial charge < -0.3 is 15.4 Å². The first-order valence-corrected chi connectivity index (χ1v) is 7.17. The predicted molar refractivity (Wildman–Crippen MR) is 73.3 cm³/mol. The average molecular weight is 256 g/mol. The molecule has 0 amide bonds. The summed E-state index contributed by atoms with van der Waals surface area (Å²) in [5.41, 5.74) is 5.22. The van der Waals surface area contributed by atoms with Crippen molar-refractivity contribution >= 4 is 5.97 Å². The fourth-order valence-corrected chi connectivity index (χ4v) is 2.66. The molecule has 0 bridgehead atoms. The number of carbonyl (C=O) groups excluding carboxylic acids is 1. The van der Waals surface area contributed by atoms with Gasteiger partial charge in [-0.25, -0.2) is 0 Å². The Balaban J connectivity index is 2.50. The van der Waals surface area contributed by atoms with Crippen molar-refractivity contribution in [2.75, 3.05) is 19.7 Å². The van der Waals surface area contributed by atoms with E-state index in [2.05, 4.69) is 11.8 Å². The first kappa shape index (κ1) is 15.4. The Morgan fingerprint density at radius 2 is 1.89 bits per heavy atom. The second-order valence-electron chi connectivity index (χ2n) is 5.64. The monoisotopic (exact) mass is 256 g/mol. The molecule has 1 heterocycles. The van der Waals surface area contributed by atoms with Crippen LogP contribution in [0.1, 0.15) is 52.9 Å². The van der Waals surface area contributed by atoms with Gasteiger partial charge in [-0.3, -0.25) is 4.79 Å². The van der Waals surface area contributed by atoms with Crippen LogP contribution in [-0.2, 0) is 9.53 Å². The highest BCUT2D eigenvalue weighted by atomic mass is 16.5. The van der Waals surface area contributed by atoms with Crippen molar-refractivity contribution in [1.82, 2.24) is 4.90 Å². The van der Waals surface area contributed by atoms with Crippen molar-refractivity contribution in [3.8, 4) is 0 Å². The zero-order valence-electron chi connectivity index (χ0n) is 12.1. The molecule has 0 aromatic carbocycles. The molecule has 0 saturated carbocycles. The topological polar surface area (TPSA) is 55.6 Å². The lowest BCUT2D eigenvalue weighted by atomic mass is 9.94. The van der Waals surface area contributed by atoms with Crippen molar-refractivity contribution in [2.24, 2.45) is 5.73 Å². The van der Waals surface area contributed by atoms with Crippen LogP contribution in [0, 0.1) is 0 Å². The van der Waals surface area contributed by atoms with E-state index in [1.165, 1.54) is 25.7 Å². The number of hydrogen-bond acceptors (Lipinski definition) is 4. The Kier molecular flexibility index (Phi) is 6.09. The van der Waals surface area contributed by atoms with Crippen LogP contribution < -0.4 is 5.73 Å². The van der Waals surface area contributed by atoms with E-state index in [1.54, 1.807) is 6.92 Å². The van der Waals surface area contributed by atoms with Crippen molar-refractivity contribution in [2.45, 2.75) is 64.5 Å². The van der Waals surface area contributed by atoms with Crippen LogP contribution in [0.25, 0.3) is 0 Å². The van der Waals surface area contributed by atoms with E-state index in [1.807, 2.05) is 6.92 Å². The summed E-state index contributed by atoms with van der Waals surface area (Å²) < 4.78 is 5.04. The third kappa shape index (κ3) is 4.58. The molecule has 18 heavy (non-hydrogen) atoms. The molecular formula is C14H28N2O2. The lowest BCUT2D eigenvalue weighted by molar-refractivity contribution is -0.149. The SMILES string of the molecule is CCOC(=O)C(C)(N)CC(C)N1CCCCCC1. The first-order valence-electron chi connectivity index (χ1n) is 7.17. The second kappa shape index (κ2) is 7.10. The van der Waals surface area contributed by atoms with Gasteiger partial charge >= 0.3 is 5.97 Å². The molecule has 2 N–H and O–H groups in total. The highest BCUT2D eigenvalue weighted by Gasteiger charge is 2.33. The molecule has 0 radical (unpaired) electrons. The standard InChI is InChI=1S/C14H28N2O2/c1-4-18-13(17)14(3,15)11-12(2)16-9-7-5-6-8-10-16/h12H,4-11,15H2,1-3H3. The molecule has 1 fully saturated rings. The Labute approximate surface area is 111 Å². The number of ether oxygens (including phenoxy) is 1. The summed E-state index contributed by atoms with van der Waals surface area (Å²) in [4.78, 5) is 14.2. The van der Waals surface area contributed by atoms with E-state index in [4.69, 9.17) is 10.5 Å². The number of carbonyl (C=O) groups is 1. The maximum atomic E-state index is 11.8. The molecule has 1 aliphatic rings. The summed E-state index contributed by atoms with van der Waals surface area (Å²) in [6.45, 7) is 8.39. The minimum Gasteiger partial charge on any atom is -0.465 e. The van der Waals surface area contributed by atoms with Gasteiger partial charge in [0.05, 0.1) is 6.61 Å². The van der Waals surface area contributed by atoms with Gasteiger partial charge in [-0.15, -0.1) is 0 Å². The number of hydrogen-bond donors (Lipinski definition) is 1. The quantitative estimate of drug-likeness (QED) is 0.764. The van der Waals surface area contributed by atoms with Crippen molar-refractivity contribution in [1.29, 1.82) is 0 Å². The predicted octanol–water partition coefficient (Wildman–Crippen LogP) is 1.92. The number of nitrogens with two attached hydrogens (primary N) is 1. The summed E-state index contributed by atoms with van der Waals surface area (Å²) >= 11 is 0. The van der Waals surface area contributed by atoms with Crippen LogP contribution in [0.5, 0.6) is 0 Å². The van der Waals surface area contributed by atoms with Gasteiger partial charge in [-0.05, 0) is 53.1 Å². The Bertz CT molecular complexity index is 259. The van der Waals surface area contributed by atoms with Gasteiger partial charge in [-0.1, -0.05) is 12.8 Å². The molecule has 0 spiro atoms. The number of likely N-dealkylation sites (tertiary alicyclic amines) is 1. The summed E-state index contributed by atoms with van der Waals surface area (Å²) in [5.74, 6) is -0.285. The number of rotatable bonds is 5. The lowest BCUT2D eigenvalue weighted by Crippen LogP contribution is -2.51. The van der Waals surface area contributed by atoms with Gasteiger partial charge in [0.2, 0.25) is 0 Å². The van der Waals surface area contributed by atoms with Crippen LogP contribution >= 0.6 is 0 Å². The maximum Gasteiger partial charge on any atom is 0.325 e. The minimum absolute atomic E-state index is 0.285. The van der Waals surface area contributed by atoms with Crippen LogP contribution in [0.3, 0.4) is 0 Å². The second-order valence-corrected chi connectivity index (χ2v) is 5.64. The molecule has 4 nitrogen and oxygen atoms in total.